The largest absolute Gasteiger partial charge is 0.378 e. The highest BCUT2D eigenvalue weighted by Gasteiger charge is 2.35. The number of benzene rings is 2. The van der Waals surface area contributed by atoms with E-state index in [0.717, 1.165) is 27.2 Å². The molecule has 0 spiro atoms. The highest BCUT2D eigenvalue weighted by Crippen LogP contribution is 2.29. The first kappa shape index (κ1) is 21.5. The van der Waals surface area contributed by atoms with Gasteiger partial charge in [-0.3, -0.25) is 14.9 Å². The minimum absolute atomic E-state index is 0.135. The Morgan fingerprint density at radius 2 is 1.81 bits per heavy atom. The first-order valence-corrected chi connectivity index (χ1v) is 11.5. The summed E-state index contributed by atoms with van der Waals surface area (Å²) in [6, 6.07) is 14.7. The van der Waals surface area contributed by atoms with Gasteiger partial charge in [0.1, 0.15) is 11.0 Å². The summed E-state index contributed by atoms with van der Waals surface area (Å²) in [6.07, 6.45) is 1.42. The third-order valence-corrected chi connectivity index (χ3v) is 6.61. The molecule has 160 valence electrons. The fraction of sp³-hybridized carbons (Fsp3) is 0.273. The van der Waals surface area contributed by atoms with Gasteiger partial charge in [0.25, 0.3) is 5.91 Å². The molecule has 9 heteroatoms. The zero-order valence-corrected chi connectivity index (χ0v) is 19.6. The Morgan fingerprint density at radius 3 is 2.48 bits per heavy atom. The Kier molecular flexibility index (Phi) is 6.33. The summed E-state index contributed by atoms with van der Waals surface area (Å²) in [5.41, 5.74) is 2.61. The van der Waals surface area contributed by atoms with Crippen LogP contribution < -0.4 is 10.2 Å². The molecule has 0 radical (unpaired) electrons. The van der Waals surface area contributed by atoms with Gasteiger partial charge in [0.15, 0.2) is 0 Å². The number of rotatable bonds is 5. The lowest BCUT2D eigenvalue weighted by atomic mass is 10.1. The zero-order chi connectivity index (χ0) is 22.0. The van der Waals surface area contributed by atoms with Gasteiger partial charge in [-0.05, 0) is 61.4 Å². The zero-order valence-electron chi connectivity index (χ0n) is 17.2. The SMILES string of the molecule is CN(C)c1ccc(-c2nnc(NC(=O)C3CCCN3C(=O)c3ccc(Br)cc3)s2)cc1. The number of nitrogens with zero attached hydrogens (tertiary/aromatic N) is 4. The number of likely N-dealkylation sites (tertiary alicyclic amines) is 1. The minimum atomic E-state index is -0.511. The van der Waals surface area contributed by atoms with Gasteiger partial charge in [-0.25, -0.2) is 0 Å². The highest BCUT2D eigenvalue weighted by molar-refractivity contribution is 9.10. The molecule has 1 unspecified atom stereocenters. The van der Waals surface area contributed by atoms with Gasteiger partial charge in [0.2, 0.25) is 11.0 Å². The Hall–Kier alpha value is -2.78. The van der Waals surface area contributed by atoms with Crippen LogP contribution in [0.4, 0.5) is 10.8 Å². The number of carbonyl (C=O) groups is 2. The average Bonchev–Trinajstić information content (AvgIpc) is 3.44. The van der Waals surface area contributed by atoms with Crippen molar-refractivity contribution < 1.29 is 9.59 Å². The van der Waals surface area contributed by atoms with E-state index in [4.69, 9.17) is 0 Å². The average molecular weight is 500 g/mol. The van der Waals surface area contributed by atoms with Crippen LogP contribution in [0.2, 0.25) is 0 Å². The third-order valence-electron chi connectivity index (χ3n) is 5.19. The van der Waals surface area contributed by atoms with Crippen molar-refractivity contribution in [2.75, 3.05) is 30.9 Å². The summed E-state index contributed by atoms with van der Waals surface area (Å²) in [6.45, 7) is 0.562. The fourth-order valence-electron chi connectivity index (χ4n) is 3.52. The first-order chi connectivity index (χ1) is 14.9. The summed E-state index contributed by atoms with van der Waals surface area (Å²) in [7, 11) is 3.97. The molecule has 1 N–H and O–H groups in total. The maximum Gasteiger partial charge on any atom is 0.254 e. The number of hydrogen-bond acceptors (Lipinski definition) is 6. The Balaban J connectivity index is 1.44. The van der Waals surface area contributed by atoms with E-state index in [0.29, 0.717) is 23.7 Å². The van der Waals surface area contributed by atoms with E-state index in [2.05, 4.69) is 31.4 Å². The molecule has 2 amide bonds. The van der Waals surface area contributed by atoms with Crippen LogP contribution in [0.15, 0.2) is 53.0 Å². The molecule has 7 nitrogen and oxygen atoms in total. The van der Waals surface area contributed by atoms with Crippen LogP contribution in [0.5, 0.6) is 0 Å². The van der Waals surface area contributed by atoms with Crippen molar-refractivity contribution in [3.8, 4) is 10.6 Å². The first-order valence-electron chi connectivity index (χ1n) is 9.91. The van der Waals surface area contributed by atoms with Crippen molar-refractivity contribution in [3.63, 3.8) is 0 Å². The van der Waals surface area contributed by atoms with Crippen LogP contribution >= 0.6 is 27.3 Å². The topological polar surface area (TPSA) is 78.4 Å². The van der Waals surface area contributed by atoms with Gasteiger partial charge in [0, 0.05) is 41.9 Å². The van der Waals surface area contributed by atoms with Crippen LogP contribution in [-0.2, 0) is 4.79 Å². The van der Waals surface area contributed by atoms with Crippen LogP contribution in [0.1, 0.15) is 23.2 Å². The molecule has 1 saturated heterocycles. The van der Waals surface area contributed by atoms with Gasteiger partial charge in [0.05, 0.1) is 0 Å². The number of hydrogen-bond donors (Lipinski definition) is 1. The van der Waals surface area contributed by atoms with Crippen LogP contribution in [0.3, 0.4) is 0 Å². The summed E-state index contributed by atoms with van der Waals surface area (Å²) in [5.74, 6) is -0.363. The van der Waals surface area contributed by atoms with Gasteiger partial charge in [-0.15, -0.1) is 10.2 Å². The van der Waals surface area contributed by atoms with Crippen LogP contribution in [0, 0.1) is 0 Å². The fourth-order valence-corrected chi connectivity index (χ4v) is 4.54. The predicted octanol–water partition coefficient (Wildman–Crippen LogP) is 4.28. The standard InChI is InChI=1S/C22H22BrN5O2S/c1-27(2)17-11-7-14(8-12-17)20-25-26-22(31-20)24-19(29)18-4-3-13-28(18)21(30)15-5-9-16(23)10-6-15/h5-12,18H,3-4,13H2,1-2H3,(H,24,26,29). The third kappa shape index (κ3) is 4.77. The molecule has 0 aliphatic carbocycles. The van der Waals surface area contributed by atoms with Crippen molar-refractivity contribution in [2.24, 2.45) is 0 Å². The summed E-state index contributed by atoms with van der Waals surface area (Å²) >= 11 is 4.69. The second-order valence-corrected chi connectivity index (χ2v) is 9.40. The molecule has 1 atom stereocenters. The smallest absolute Gasteiger partial charge is 0.254 e. The maximum absolute atomic E-state index is 12.9. The summed E-state index contributed by atoms with van der Waals surface area (Å²) < 4.78 is 0.906. The quantitative estimate of drug-likeness (QED) is 0.566. The normalized spacial score (nSPS) is 15.7. The number of nitrogens with one attached hydrogen (secondary N) is 1. The van der Waals surface area contributed by atoms with Gasteiger partial charge in [-0.2, -0.15) is 0 Å². The Morgan fingerprint density at radius 1 is 1.10 bits per heavy atom. The number of carbonyl (C=O) groups excluding carboxylic acids is 2. The molecule has 3 aromatic rings. The molecule has 1 aliphatic rings. The molecule has 4 rings (SSSR count). The van der Waals surface area contributed by atoms with E-state index in [1.54, 1.807) is 17.0 Å². The number of amides is 2. The van der Waals surface area contributed by atoms with Gasteiger partial charge in [-0.1, -0.05) is 27.3 Å². The highest BCUT2D eigenvalue weighted by atomic mass is 79.9. The van der Waals surface area contributed by atoms with Crippen LogP contribution in [0.25, 0.3) is 10.6 Å². The van der Waals surface area contributed by atoms with Crippen molar-refractivity contribution >= 4 is 49.9 Å². The Labute approximate surface area is 193 Å². The molecule has 1 aromatic heterocycles. The lowest BCUT2D eigenvalue weighted by molar-refractivity contribution is -0.119. The molecule has 31 heavy (non-hydrogen) atoms. The summed E-state index contributed by atoms with van der Waals surface area (Å²) in [5, 5.41) is 12.3. The lowest BCUT2D eigenvalue weighted by Crippen LogP contribution is -2.43. The summed E-state index contributed by atoms with van der Waals surface area (Å²) in [4.78, 5) is 29.5. The van der Waals surface area contributed by atoms with E-state index < -0.39 is 6.04 Å². The molecule has 0 bridgehead atoms. The molecule has 2 aromatic carbocycles. The number of halogens is 1. The number of anilines is 2. The number of aromatic nitrogens is 2. The van der Waals surface area contributed by atoms with Crippen molar-refractivity contribution in [1.82, 2.24) is 15.1 Å². The Bertz CT molecular complexity index is 1080. The van der Waals surface area contributed by atoms with Crippen LogP contribution in [-0.4, -0.2) is 53.6 Å². The van der Waals surface area contributed by atoms with E-state index in [1.807, 2.05) is 55.4 Å². The second kappa shape index (κ2) is 9.15. The maximum atomic E-state index is 12.9. The predicted molar refractivity (Wildman–Crippen MR) is 127 cm³/mol. The second-order valence-electron chi connectivity index (χ2n) is 7.51. The molecule has 2 heterocycles. The van der Waals surface area contributed by atoms with Crippen molar-refractivity contribution in [3.05, 3.63) is 58.6 Å². The van der Waals surface area contributed by atoms with E-state index in [1.165, 1.54) is 11.3 Å². The van der Waals surface area contributed by atoms with Crippen molar-refractivity contribution in [2.45, 2.75) is 18.9 Å². The van der Waals surface area contributed by atoms with E-state index in [-0.39, 0.29) is 11.8 Å². The van der Waals surface area contributed by atoms with Gasteiger partial charge >= 0.3 is 0 Å². The van der Waals surface area contributed by atoms with Crippen molar-refractivity contribution in [1.29, 1.82) is 0 Å². The van der Waals surface area contributed by atoms with Gasteiger partial charge < -0.3 is 9.80 Å². The molecular weight excluding hydrogens is 478 g/mol. The molecular formula is C22H22BrN5O2S. The van der Waals surface area contributed by atoms with E-state index in [9.17, 15) is 9.59 Å². The molecule has 1 aliphatic heterocycles. The lowest BCUT2D eigenvalue weighted by Gasteiger charge is -2.23. The van der Waals surface area contributed by atoms with E-state index >= 15 is 0 Å². The molecule has 0 saturated carbocycles. The minimum Gasteiger partial charge on any atom is -0.378 e. The monoisotopic (exact) mass is 499 g/mol. The molecule has 1 fully saturated rings.